The van der Waals surface area contributed by atoms with Crippen LogP contribution in [0, 0.1) is 5.92 Å². The average Bonchev–Trinajstić information content (AvgIpc) is 1.80. The number of carbonyl (C=O) groups excluding carboxylic acids is 1. The zero-order valence-corrected chi connectivity index (χ0v) is 5.55. The largest absolute Gasteiger partial charge is 0.290 e. The second kappa shape index (κ2) is 2.18. The summed E-state index contributed by atoms with van der Waals surface area (Å²) in [4.78, 5) is 10.8. The first-order valence-corrected chi connectivity index (χ1v) is 3.10. The Morgan fingerprint density at radius 2 is 2.44 bits per heavy atom. The van der Waals surface area contributed by atoms with Crippen molar-refractivity contribution in [3.8, 4) is 0 Å². The molecule has 0 N–H and O–H groups in total. The maximum Gasteiger partial charge on any atom is 0.180 e. The van der Waals surface area contributed by atoms with E-state index in [4.69, 9.17) is 0 Å². The molecule has 0 aromatic rings. The molecule has 1 atom stereocenters. The van der Waals surface area contributed by atoms with Crippen LogP contribution in [0.1, 0.15) is 13.3 Å². The van der Waals surface area contributed by atoms with Gasteiger partial charge in [-0.15, -0.1) is 0 Å². The van der Waals surface area contributed by atoms with Gasteiger partial charge in [-0.2, -0.15) is 0 Å². The zero-order valence-electron chi connectivity index (χ0n) is 5.55. The molecule has 1 unspecified atom stereocenters. The first-order chi connectivity index (χ1) is 4.20. The lowest BCUT2D eigenvalue weighted by atomic mass is 9.93. The third-order valence-electron chi connectivity index (χ3n) is 1.49. The molecule has 0 amide bonds. The van der Waals surface area contributed by atoms with E-state index in [-0.39, 0.29) is 5.78 Å². The molecule has 9 heavy (non-hydrogen) atoms. The predicted octanol–water partition coefficient (Wildman–Crippen LogP) is 1.71. The Hall–Kier alpha value is -0.850. The first kappa shape index (κ1) is 6.27. The zero-order chi connectivity index (χ0) is 6.85. The fourth-order valence-electron chi connectivity index (χ4n) is 0.927. The molecule has 1 nitrogen and oxygen atoms in total. The van der Waals surface area contributed by atoms with Crippen molar-refractivity contribution in [3.05, 3.63) is 24.3 Å². The molecule has 1 heteroatoms. The van der Waals surface area contributed by atoms with Crippen molar-refractivity contribution in [2.75, 3.05) is 0 Å². The van der Waals surface area contributed by atoms with E-state index < -0.39 is 0 Å². The van der Waals surface area contributed by atoms with Gasteiger partial charge in [-0.1, -0.05) is 19.6 Å². The van der Waals surface area contributed by atoms with Gasteiger partial charge < -0.3 is 0 Å². The van der Waals surface area contributed by atoms with Crippen LogP contribution in [-0.4, -0.2) is 5.78 Å². The normalized spacial score (nSPS) is 27.0. The van der Waals surface area contributed by atoms with Gasteiger partial charge in [0.2, 0.25) is 0 Å². The third-order valence-corrected chi connectivity index (χ3v) is 1.49. The number of hydrogen-bond acceptors (Lipinski definition) is 1. The van der Waals surface area contributed by atoms with Crippen molar-refractivity contribution in [1.82, 2.24) is 0 Å². The summed E-state index contributed by atoms with van der Waals surface area (Å²) in [6, 6.07) is 0. The molecule has 48 valence electrons. The lowest BCUT2D eigenvalue weighted by Crippen LogP contribution is -2.07. The van der Waals surface area contributed by atoms with Crippen molar-refractivity contribution in [2.45, 2.75) is 13.3 Å². The topological polar surface area (TPSA) is 17.1 Å². The fraction of sp³-hybridized carbons (Fsp3) is 0.375. The highest BCUT2D eigenvalue weighted by atomic mass is 16.1. The van der Waals surface area contributed by atoms with Gasteiger partial charge in [0, 0.05) is 0 Å². The molecule has 0 aromatic heterocycles. The summed E-state index contributed by atoms with van der Waals surface area (Å²) in [7, 11) is 0. The minimum atomic E-state index is 0.0908. The van der Waals surface area contributed by atoms with Gasteiger partial charge in [0.05, 0.1) is 0 Å². The summed E-state index contributed by atoms with van der Waals surface area (Å²) in [6.45, 7) is 5.72. The Morgan fingerprint density at radius 1 is 1.78 bits per heavy atom. The maximum absolute atomic E-state index is 10.8. The summed E-state index contributed by atoms with van der Waals surface area (Å²) in [5.74, 6) is 0.586. The summed E-state index contributed by atoms with van der Waals surface area (Å²) < 4.78 is 0. The van der Waals surface area contributed by atoms with Crippen LogP contribution in [0.5, 0.6) is 0 Å². The van der Waals surface area contributed by atoms with Crippen LogP contribution in [0.2, 0.25) is 0 Å². The molecule has 0 spiro atoms. The Morgan fingerprint density at radius 3 is 2.89 bits per heavy atom. The van der Waals surface area contributed by atoms with Crippen molar-refractivity contribution >= 4 is 5.78 Å². The van der Waals surface area contributed by atoms with Crippen LogP contribution in [-0.2, 0) is 4.79 Å². The van der Waals surface area contributed by atoms with Crippen molar-refractivity contribution in [3.63, 3.8) is 0 Å². The Kier molecular flexibility index (Phi) is 1.52. The lowest BCUT2D eigenvalue weighted by molar-refractivity contribution is -0.111. The molecule has 0 heterocycles. The van der Waals surface area contributed by atoms with Crippen LogP contribution in [0.4, 0.5) is 0 Å². The van der Waals surface area contributed by atoms with Crippen molar-refractivity contribution in [2.24, 2.45) is 5.92 Å². The van der Waals surface area contributed by atoms with E-state index >= 15 is 0 Å². The van der Waals surface area contributed by atoms with E-state index in [1.54, 1.807) is 6.08 Å². The molecule has 0 radical (unpaired) electrons. The van der Waals surface area contributed by atoms with Crippen LogP contribution in [0.25, 0.3) is 0 Å². The fourth-order valence-corrected chi connectivity index (χ4v) is 0.927. The third kappa shape index (κ3) is 1.28. The number of rotatable bonds is 0. The van der Waals surface area contributed by atoms with E-state index in [0.29, 0.717) is 5.92 Å². The van der Waals surface area contributed by atoms with Gasteiger partial charge in [0.1, 0.15) is 0 Å². The van der Waals surface area contributed by atoms with Crippen LogP contribution in [0.3, 0.4) is 0 Å². The molecule has 0 aliphatic heterocycles. The van der Waals surface area contributed by atoms with Crippen LogP contribution in [0.15, 0.2) is 24.3 Å². The minimum absolute atomic E-state index is 0.0908. The molecule has 1 rings (SSSR count). The monoisotopic (exact) mass is 122 g/mol. The summed E-state index contributed by atoms with van der Waals surface area (Å²) in [5.41, 5.74) is 0.741. The number of ketones is 1. The van der Waals surface area contributed by atoms with E-state index in [1.165, 1.54) is 0 Å². The van der Waals surface area contributed by atoms with Gasteiger partial charge in [-0.25, -0.2) is 0 Å². The van der Waals surface area contributed by atoms with E-state index in [9.17, 15) is 4.79 Å². The number of allylic oxidation sites excluding steroid dienone is 3. The molecule has 0 bridgehead atoms. The van der Waals surface area contributed by atoms with Gasteiger partial charge in [0.25, 0.3) is 0 Å². The van der Waals surface area contributed by atoms with Gasteiger partial charge in [-0.3, -0.25) is 4.79 Å². The summed E-state index contributed by atoms with van der Waals surface area (Å²) in [6.07, 6.45) is 4.36. The van der Waals surface area contributed by atoms with Gasteiger partial charge >= 0.3 is 0 Å². The molecule has 0 aromatic carbocycles. The highest BCUT2D eigenvalue weighted by molar-refractivity contribution is 6.04. The number of hydrogen-bond donors (Lipinski definition) is 0. The smallest absolute Gasteiger partial charge is 0.180 e. The minimum Gasteiger partial charge on any atom is -0.290 e. The number of carbonyl (C=O) groups is 1. The Balaban J connectivity index is 2.77. The highest BCUT2D eigenvalue weighted by Gasteiger charge is 2.11. The van der Waals surface area contributed by atoms with E-state index in [1.807, 2.05) is 6.08 Å². The highest BCUT2D eigenvalue weighted by Crippen LogP contribution is 2.17. The quantitative estimate of drug-likeness (QED) is 0.447. The molecule has 0 saturated heterocycles. The lowest BCUT2D eigenvalue weighted by Gasteiger charge is -2.11. The predicted molar refractivity (Wildman–Crippen MR) is 37.1 cm³/mol. The van der Waals surface area contributed by atoms with E-state index in [2.05, 4.69) is 13.5 Å². The van der Waals surface area contributed by atoms with Crippen molar-refractivity contribution in [1.29, 1.82) is 0 Å². The van der Waals surface area contributed by atoms with Crippen LogP contribution < -0.4 is 0 Å². The van der Waals surface area contributed by atoms with Crippen molar-refractivity contribution < 1.29 is 4.79 Å². The Bertz CT molecular complexity index is 177. The molecular weight excluding hydrogens is 112 g/mol. The van der Waals surface area contributed by atoms with Crippen LogP contribution >= 0.6 is 0 Å². The summed E-state index contributed by atoms with van der Waals surface area (Å²) in [5, 5.41) is 0. The van der Waals surface area contributed by atoms with Gasteiger partial charge in [0.15, 0.2) is 5.78 Å². The Labute approximate surface area is 55.1 Å². The molecule has 1 aliphatic carbocycles. The maximum atomic E-state index is 10.8. The second-order valence-electron chi connectivity index (χ2n) is 2.51. The average molecular weight is 122 g/mol. The molecular formula is C8H10O. The standard InChI is InChI=1S/C8H10O/c1-6-3-4-8(9)7(2)5-6/h3-4,6H,2,5H2,1H3. The second-order valence-corrected chi connectivity index (χ2v) is 2.51. The van der Waals surface area contributed by atoms with Gasteiger partial charge in [-0.05, 0) is 24.0 Å². The van der Waals surface area contributed by atoms with E-state index in [0.717, 1.165) is 12.0 Å². The molecule has 0 fully saturated rings. The SMILES string of the molecule is C=C1CC(C)C=CC1=O. The molecule has 1 aliphatic rings. The molecule has 0 saturated carbocycles. The first-order valence-electron chi connectivity index (χ1n) is 3.10. The summed E-state index contributed by atoms with van der Waals surface area (Å²) >= 11 is 0.